The highest BCUT2D eigenvalue weighted by atomic mass is 32.2. The predicted octanol–water partition coefficient (Wildman–Crippen LogP) is 0.734. The normalized spacial score (nSPS) is 11.2. The summed E-state index contributed by atoms with van der Waals surface area (Å²) in [5.41, 5.74) is -0.474. The molecule has 0 spiro atoms. The summed E-state index contributed by atoms with van der Waals surface area (Å²) < 4.78 is 25.4. The maximum atomic E-state index is 12.2. The van der Waals surface area contributed by atoms with Gasteiger partial charge in [-0.1, -0.05) is 12.8 Å². The molecule has 2 N–H and O–H groups in total. The van der Waals surface area contributed by atoms with Crippen LogP contribution in [0, 0.1) is 12.3 Å². The minimum absolute atomic E-state index is 0.109. The van der Waals surface area contributed by atoms with E-state index in [1.54, 1.807) is 6.92 Å². The standard InChI is InChI=1S/C12H13NO5S/c1-3-7-13(4-2)19(17,18)9-5-6-11(14)10(8-9)12(15)16/h1,5-6,8,14H,4,7H2,2H3,(H,15,16). The zero-order valence-corrected chi connectivity index (χ0v) is 11.0. The number of nitrogens with zero attached hydrogens (tertiary/aromatic N) is 1. The third kappa shape index (κ3) is 3.05. The van der Waals surface area contributed by atoms with Gasteiger partial charge in [0.1, 0.15) is 11.3 Å². The van der Waals surface area contributed by atoms with Crippen LogP contribution < -0.4 is 0 Å². The lowest BCUT2D eigenvalue weighted by atomic mass is 10.2. The summed E-state index contributed by atoms with van der Waals surface area (Å²) in [6, 6.07) is 3.07. The largest absolute Gasteiger partial charge is 0.507 e. The molecule has 19 heavy (non-hydrogen) atoms. The second-order valence-electron chi connectivity index (χ2n) is 3.62. The number of benzene rings is 1. The van der Waals surface area contributed by atoms with E-state index in [1.807, 2.05) is 0 Å². The third-order valence-corrected chi connectivity index (χ3v) is 4.37. The fourth-order valence-electron chi connectivity index (χ4n) is 1.46. The number of carboxylic acids is 1. The van der Waals surface area contributed by atoms with Gasteiger partial charge in [0.15, 0.2) is 0 Å². The lowest BCUT2D eigenvalue weighted by molar-refractivity contribution is 0.0693. The topological polar surface area (TPSA) is 94.9 Å². The van der Waals surface area contributed by atoms with Gasteiger partial charge < -0.3 is 10.2 Å². The maximum Gasteiger partial charge on any atom is 0.339 e. The molecule has 0 heterocycles. The predicted molar refractivity (Wildman–Crippen MR) is 68.3 cm³/mol. The first-order valence-corrected chi connectivity index (χ1v) is 6.78. The number of carbonyl (C=O) groups is 1. The first kappa shape index (κ1) is 15.0. The van der Waals surface area contributed by atoms with Crippen LogP contribution in [-0.4, -0.2) is 42.0 Å². The zero-order valence-electron chi connectivity index (χ0n) is 10.2. The van der Waals surface area contributed by atoms with E-state index in [0.29, 0.717) is 0 Å². The van der Waals surface area contributed by atoms with E-state index in [9.17, 15) is 18.3 Å². The van der Waals surface area contributed by atoms with Crippen molar-refractivity contribution in [3.05, 3.63) is 23.8 Å². The summed E-state index contributed by atoms with van der Waals surface area (Å²) in [6.07, 6.45) is 5.09. The second kappa shape index (κ2) is 5.73. The molecule has 0 saturated heterocycles. The van der Waals surface area contributed by atoms with Gasteiger partial charge in [-0.05, 0) is 18.2 Å². The van der Waals surface area contributed by atoms with Gasteiger partial charge in [-0.25, -0.2) is 13.2 Å². The Bertz CT molecular complexity index is 630. The molecule has 0 aromatic heterocycles. The van der Waals surface area contributed by atoms with E-state index in [4.69, 9.17) is 11.5 Å². The van der Waals surface area contributed by atoms with Crippen molar-refractivity contribution in [3.63, 3.8) is 0 Å². The lowest BCUT2D eigenvalue weighted by Crippen LogP contribution is -2.31. The van der Waals surface area contributed by atoms with Crippen molar-refractivity contribution in [3.8, 4) is 18.1 Å². The van der Waals surface area contributed by atoms with Gasteiger partial charge in [0.05, 0.1) is 11.4 Å². The Morgan fingerprint density at radius 1 is 1.47 bits per heavy atom. The number of aromatic carboxylic acids is 1. The summed E-state index contributed by atoms with van der Waals surface area (Å²) in [5, 5.41) is 18.2. The summed E-state index contributed by atoms with van der Waals surface area (Å²) in [5.74, 6) is 0.323. The second-order valence-corrected chi connectivity index (χ2v) is 5.56. The minimum Gasteiger partial charge on any atom is -0.507 e. The molecule has 0 fully saturated rings. The molecule has 0 aliphatic carbocycles. The van der Waals surface area contributed by atoms with Crippen LogP contribution in [0.4, 0.5) is 0 Å². The number of terminal acetylenes is 1. The highest BCUT2D eigenvalue weighted by Crippen LogP contribution is 2.23. The van der Waals surface area contributed by atoms with Crippen LogP contribution in [0.2, 0.25) is 0 Å². The fraction of sp³-hybridized carbons (Fsp3) is 0.250. The van der Waals surface area contributed by atoms with Gasteiger partial charge in [-0.2, -0.15) is 4.31 Å². The zero-order chi connectivity index (χ0) is 14.6. The Kier molecular flexibility index (Phi) is 4.53. The molecule has 7 heteroatoms. The van der Waals surface area contributed by atoms with E-state index in [0.717, 1.165) is 22.5 Å². The number of hydrogen-bond donors (Lipinski definition) is 2. The van der Waals surface area contributed by atoms with Crippen LogP contribution in [-0.2, 0) is 10.0 Å². The number of rotatable bonds is 5. The number of hydrogen-bond acceptors (Lipinski definition) is 4. The monoisotopic (exact) mass is 283 g/mol. The Labute approximate surface area is 111 Å². The first-order chi connectivity index (χ1) is 8.84. The van der Waals surface area contributed by atoms with Gasteiger partial charge in [-0.15, -0.1) is 6.42 Å². The van der Waals surface area contributed by atoms with E-state index in [-0.39, 0.29) is 18.0 Å². The maximum absolute atomic E-state index is 12.2. The molecule has 0 aliphatic heterocycles. The fourth-order valence-corrected chi connectivity index (χ4v) is 2.85. The van der Waals surface area contributed by atoms with Gasteiger partial charge in [0, 0.05) is 6.54 Å². The quantitative estimate of drug-likeness (QED) is 0.777. The molecule has 0 unspecified atom stereocenters. The van der Waals surface area contributed by atoms with Crippen molar-refractivity contribution in [2.24, 2.45) is 0 Å². The lowest BCUT2D eigenvalue weighted by Gasteiger charge is -2.18. The molecule has 0 atom stereocenters. The van der Waals surface area contributed by atoms with Crippen LogP contribution in [0.25, 0.3) is 0 Å². The Balaban J connectivity index is 3.34. The van der Waals surface area contributed by atoms with Crippen LogP contribution >= 0.6 is 0 Å². The Morgan fingerprint density at radius 3 is 2.58 bits per heavy atom. The third-order valence-electron chi connectivity index (χ3n) is 2.46. The molecule has 102 valence electrons. The summed E-state index contributed by atoms with van der Waals surface area (Å²) in [6.45, 7) is 1.67. The van der Waals surface area contributed by atoms with Crippen molar-refractivity contribution in [2.45, 2.75) is 11.8 Å². The molecule has 1 rings (SSSR count). The highest BCUT2D eigenvalue weighted by Gasteiger charge is 2.24. The van der Waals surface area contributed by atoms with Crippen LogP contribution in [0.5, 0.6) is 5.75 Å². The number of carboxylic acid groups (broad SMARTS) is 1. The number of phenols is 1. The van der Waals surface area contributed by atoms with E-state index in [1.165, 1.54) is 0 Å². The molecule has 0 saturated carbocycles. The van der Waals surface area contributed by atoms with E-state index >= 15 is 0 Å². The van der Waals surface area contributed by atoms with Crippen molar-refractivity contribution >= 4 is 16.0 Å². The molecule has 1 aromatic rings. The Morgan fingerprint density at radius 2 is 2.11 bits per heavy atom. The molecule has 0 bridgehead atoms. The van der Waals surface area contributed by atoms with Crippen molar-refractivity contribution in [1.29, 1.82) is 0 Å². The van der Waals surface area contributed by atoms with Gasteiger partial charge >= 0.3 is 5.97 Å². The molecular formula is C12H13NO5S. The number of aromatic hydroxyl groups is 1. The molecule has 0 aliphatic rings. The summed E-state index contributed by atoms with van der Waals surface area (Å²) >= 11 is 0. The average molecular weight is 283 g/mol. The molecular weight excluding hydrogens is 270 g/mol. The first-order valence-electron chi connectivity index (χ1n) is 5.34. The summed E-state index contributed by atoms with van der Waals surface area (Å²) in [7, 11) is -3.87. The highest BCUT2D eigenvalue weighted by molar-refractivity contribution is 7.89. The van der Waals surface area contributed by atoms with Gasteiger partial charge in [-0.3, -0.25) is 0 Å². The summed E-state index contributed by atoms with van der Waals surface area (Å²) in [4.78, 5) is 10.6. The van der Waals surface area contributed by atoms with E-state index < -0.39 is 27.3 Å². The smallest absolute Gasteiger partial charge is 0.339 e. The van der Waals surface area contributed by atoms with Crippen molar-refractivity contribution in [1.82, 2.24) is 4.31 Å². The van der Waals surface area contributed by atoms with Crippen LogP contribution in [0.15, 0.2) is 23.1 Å². The van der Waals surface area contributed by atoms with Crippen LogP contribution in [0.3, 0.4) is 0 Å². The molecule has 1 aromatic carbocycles. The van der Waals surface area contributed by atoms with Crippen LogP contribution in [0.1, 0.15) is 17.3 Å². The number of sulfonamides is 1. The minimum atomic E-state index is -3.87. The van der Waals surface area contributed by atoms with Gasteiger partial charge in [0.25, 0.3) is 0 Å². The SMILES string of the molecule is C#CCN(CC)S(=O)(=O)c1ccc(O)c(C(=O)O)c1. The molecule has 6 nitrogen and oxygen atoms in total. The molecule has 0 radical (unpaired) electrons. The van der Waals surface area contributed by atoms with Crippen molar-refractivity contribution in [2.75, 3.05) is 13.1 Å². The average Bonchev–Trinajstić information content (AvgIpc) is 2.35. The molecule has 0 amide bonds. The van der Waals surface area contributed by atoms with E-state index in [2.05, 4.69) is 5.92 Å². The van der Waals surface area contributed by atoms with Crippen molar-refractivity contribution < 1.29 is 23.4 Å². The Hall–Kier alpha value is -2.04. The van der Waals surface area contributed by atoms with Gasteiger partial charge in [0.2, 0.25) is 10.0 Å².